The highest BCUT2D eigenvalue weighted by molar-refractivity contribution is 6.42. The van der Waals surface area contributed by atoms with Crippen LogP contribution in [-0.2, 0) is 9.59 Å². The zero-order chi connectivity index (χ0) is 38.2. The Morgan fingerprint density at radius 3 is 1.60 bits per heavy atom. The average molecular weight is 790 g/mol. The summed E-state index contributed by atoms with van der Waals surface area (Å²) in [5.74, 6) is -0.840. The van der Waals surface area contributed by atoms with E-state index in [0.29, 0.717) is 36.9 Å². The molecule has 4 aromatic carbocycles. The first-order valence-electron chi connectivity index (χ1n) is 16.9. The number of aliphatic hydroxyl groups excluding tert-OH is 1. The molecule has 52 heavy (non-hydrogen) atoms. The van der Waals surface area contributed by atoms with E-state index in [-0.39, 0.29) is 23.9 Å². The number of benzene rings is 4. The Kier molecular flexibility index (Phi) is 17.6. The van der Waals surface area contributed by atoms with E-state index in [2.05, 4.69) is 33.5 Å². The number of hydrogen-bond acceptors (Lipinski definition) is 6. The van der Waals surface area contributed by atoms with Crippen molar-refractivity contribution in [3.05, 3.63) is 128 Å². The minimum absolute atomic E-state index is 0.0142. The Morgan fingerprint density at radius 2 is 1.12 bits per heavy atom. The van der Waals surface area contributed by atoms with E-state index in [9.17, 15) is 19.5 Å². The molecule has 278 valence electrons. The SMILES string of the molecule is CC(Nc1ccc(Cl)c(Cl)c1)C(=O)NC(c1ccccc1)C(O)NC(=O)c1ccccc1.CCCCC(C)NC(=O)[C@H](C)Nc1ccc(Cl)c(Cl)c1. The van der Waals surface area contributed by atoms with Gasteiger partial charge in [-0.3, -0.25) is 14.4 Å². The zero-order valence-corrected chi connectivity index (χ0v) is 32.5. The van der Waals surface area contributed by atoms with Gasteiger partial charge in [0.2, 0.25) is 11.8 Å². The molecule has 0 aliphatic rings. The van der Waals surface area contributed by atoms with Gasteiger partial charge in [0, 0.05) is 23.0 Å². The van der Waals surface area contributed by atoms with Crippen LogP contribution in [0.2, 0.25) is 20.1 Å². The number of anilines is 2. The van der Waals surface area contributed by atoms with Gasteiger partial charge in [-0.1, -0.05) is 115 Å². The smallest absolute Gasteiger partial charge is 0.253 e. The Morgan fingerprint density at radius 1 is 0.635 bits per heavy atom. The first-order chi connectivity index (χ1) is 24.8. The van der Waals surface area contributed by atoms with Crippen LogP contribution in [0.3, 0.4) is 0 Å². The minimum atomic E-state index is -1.36. The molecule has 0 aliphatic carbocycles. The molecule has 0 spiro atoms. The van der Waals surface area contributed by atoms with Gasteiger partial charge in [-0.15, -0.1) is 0 Å². The van der Waals surface area contributed by atoms with Gasteiger partial charge in [-0.05, 0) is 81.3 Å². The normalized spacial score (nSPS) is 13.6. The summed E-state index contributed by atoms with van der Waals surface area (Å²) in [6.45, 7) is 7.67. The number of hydrogen-bond donors (Lipinski definition) is 6. The van der Waals surface area contributed by atoms with E-state index in [0.717, 1.165) is 24.9 Å². The van der Waals surface area contributed by atoms with E-state index in [1.807, 2.05) is 19.9 Å². The maximum atomic E-state index is 12.9. The molecular weight excluding hydrogens is 744 g/mol. The maximum Gasteiger partial charge on any atom is 0.253 e. The van der Waals surface area contributed by atoms with Crippen molar-refractivity contribution in [2.24, 2.45) is 0 Å². The van der Waals surface area contributed by atoms with E-state index in [1.165, 1.54) is 0 Å². The summed E-state index contributed by atoms with van der Waals surface area (Å²) < 4.78 is 0. The lowest BCUT2D eigenvalue weighted by molar-refractivity contribution is -0.123. The Bertz CT molecular complexity index is 1750. The summed E-state index contributed by atoms with van der Waals surface area (Å²) in [7, 11) is 0. The third-order valence-electron chi connectivity index (χ3n) is 7.86. The highest BCUT2D eigenvalue weighted by Gasteiger charge is 2.27. The van der Waals surface area contributed by atoms with E-state index >= 15 is 0 Å². The molecule has 0 saturated heterocycles. The van der Waals surface area contributed by atoms with Gasteiger partial charge in [0.1, 0.15) is 12.1 Å². The predicted molar refractivity (Wildman–Crippen MR) is 213 cm³/mol. The van der Waals surface area contributed by atoms with Crippen LogP contribution in [0.15, 0.2) is 97.1 Å². The topological polar surface area (TPSA) is 132 Å². The molecule has 5 atom stereocenters. The average Bonchev–Trinajstić information content (AvgIpc) is 3.13. The first-order valence-corrected chi connectivity index (χ1v) is 18.4. The highest BCUT2D eigenvalue weighted by atomic mass is 35.5. The third-order valence-corrected chi connectivity index (χ3v) is 9.34. The number of carbonyl (C=O) groups excluding carboxylic acids is 3. The molecule has 0 saturated carbocycles. The molecule has 0 fully saturated rings. The first kappa shape index (κ1) is 42.4. The largest absolute Gasteiger partial charge is 0.374 e. The molecule has 3 amide bonds. The van der Waals surface area contributed by atoms with Crippen molar-refractivity contribution in [2.45, 2.75) is 77.4 Å². The van der Waals surface area contributed by atoms with Crippen LogP contribution in [0.4, 0.5) is 11.4 Å². The fourth-order valence-corrected chi connectivity index (χ4v) is 5.52. The Labute approximate surface area is 325 Å². The fourth-order valence-electron chi connectivity index (χ4n) is 4.93. The number of nitrogens with one attached hydrogen (secondary N) is 5. The lowest BCUT2D eigenvalue weighted by Crippen LogP contribution is -2.49. The van der Waals surface area contributed by atoms with Gasteiger partial charge < -0.3 is 31.7 Å². The molecule has 0 aliphatic heterocycles. The van der Waals surface area contributed by atoms with Crippen molar-refractivity contribution in [1.29, 1.82) is 0 Å². The standard InChI is InChI=1S/C24H23Cl2N3O3.C15H22Cl2N2O/c1-15(27-18-12-13-19(25)20(26)14-18)22(30)28-21(16-8-4-2-5-9-16)24(32)29-23(31)17-10-6-3-7-11-17;1-4-5-6-10(2)18-15(20)11(3)19-12-7-8-13(16)14(17)9-12/h2-15,21,24,27,32H,1H3,(H,28,30)(H,29,31);7-11,19H,4-6H2,1-3H3,(H,18,20)/t;10?,11-/m.0/s1. The van der Waals surface area contributed by atoms with Crippen molar-refractivity contribution in [1.82, 2.24) is 16.0 Å². The van der Waals surface area contributed by atoms with Crippen LogP contribution >= 0.6 is 46.4 Å². The van der Waals surface area contributed by atoms with Crippen molar-refractivity contribution in [3.8, 4) is 0 Å². The van der Waals surface area contributed by atoms with Crippen LogP contribution in [0.1, 0.15) is 68.9 Å². The van der Waals surface area contributed by atoms with Crippen LogP contribution < -0.4 is 26.6 Å². The van der Waals surface area contributed by atoms with Gasteiger partial charge >= 0.3 is 0 Å². The minimum Gasteiger partial charge on any atom is -0.374 e. The second kappa shape index (κ2) is 21.5. The van der Waals surface area contributed by atoms with Gasteiger partial charge in [0.05, 0.1) is 26.1 Å². The van der Waals surface area contributed by atoms with Crippen molar-refractivity contribution in [3.63, 3.8) is 0 Å². The maximum absolute atomic E-state index is 12.9. The van der Waals surface area contributed by atoms with Crippen molar-refractivity contribution >= 4 is 75.5 Å². The molecule has 0 bridgehead atoms. The summed E-state index contributed by atoms with van der Waals surface area (Å²) in [6.07, 6.45) is 1.90. The quantitative estimate of drug-likeness (QED) is 0.0668. The third kappa shape index (κ3) is 13.9. The molecule has 6 N–H and O–H groups in total. The number of halogens is 4. The number of aliphatic hydroxyl groups is 1. The molecule has 0 heterocycles. The summed E-state index contributed by atoms with van der Waals surface area (Å²) in [4.78, 5) is 37.4. The molecule has 4 rings (SSSR count). The summed E-state index contributed by atoms with van der Waals surface area (Å²) in [5, 5.41) is 27.1. The van der Waals surface area contributed by atoms with Gasteiger partial charge in [-0.25, -0.2) is 0 Å². The highest BCUT2D eigenvalue weighted by Crippen LogP contribution is 2.26. The van der Waals surface area contributed by atoms with E-state index < -0.39 is 24.2 Å². The Hall–Kier alpha value is -3.99. The summed E-state index contributed by atoms with van der Waals surface area (Å²) in [5.41, 5.74) is 2.45. The lowest BCUT2D eigenvalue weighted by atomic mass is 10.0. The van der Waals surface area contributed by atoms with Crippen molar-refractivity contribution in [2.75, 3.05) is 10.6 Å². The zero-order valence-electron chi connectivity index (χ0n) is 29.4. The molecule has 0 radical (unpaired) electrons. The number of amides is 3. The molecule has 4 unspecified atom stereocenters. The number of carbonyl (C=O) groups is 3. The second-order valence-electron chi connectivity index (χ2n) is 12.2. The van der Waals surface area contributed by atoms with Crippen molar-refractivity contribution < 1.29 is 19.5 Å². The van der Waals surface area contributed by atoms with E-state index in [4.69, 9.17) is 46.4 Å². The summed E-state index contributed by atoms with van der Waals surface area (Å²) >= 11 is 23.8. The van der Waals surface area contributed by atoms with Gasteiger partial charge in [-0.2, -0.15) is 0 Å². The molecular formula is C39H45Cl4N5O4. The monoisotopic (exact) mass is 787 g/mol. The Balaban J connectivity index is 0.000000314. The lowest BCUT2D eigenvalue weighted by Gasteiger charge is -2.27. The van der Waals surface area contributed by atoms with Crippen LogP contribution in [-0.4, -0.2) is 47.2 Å². The number of rotatable bonds is 15. The predicted octanol–water partition coefficient (Wildman–Crippen LogP) is 8.89. The molecule has 13 heteroatoms. The second-order valence-corrected chi connectivity index (χ2v) is 13.9. The molecule has 9 nitrogen and oxygen atoms in total. The van der Waals surface area contributed by atoms with E-state index in [1.54, 1.807) is 97.9 Å². The van der Waals surface area contributed by atoms with Gasteiger partial charge in [0.15, 0.2) is 6.23 Å². The molecule has 4 aromatic rings. The van der Waals surface area contributed by atoms with Crippen LogP contribution in [0, 0.1) is 0 Å². The van der Waals surface area contributed by atoms with Crippen LogP contribution in [0.25, 0.3) is 0 Å². The number of unbranched alkanes of at least 4 members (excludes halogenated alkanes) is 1. The molecule has 0 aromatic heterocycles. The fraction of sp³-hybridized carbons (Fsp3) is 0.308. The van der Waals surface area contributed by atoms with Crippen LogP contribution in [0.5, 0.6) is 0 Å². The van der Waals surface area contributed by atoms with Gasteiger partial charge in [0.25, 0.3) is 5.91 Å². The summed E-state index contributed by atoms with van der Waals surface area (Å²) in [6, 6.07) is 26.0.